The second-order valence-corrected chi connectivity index (χ2v) is 8.32. The van der Waals surface area contributed by atoms with Crippen LogP contribution in [0.25, 0.3) is 0 Å². The predicted octanol–water partition coefficient (Wildman–Crippen LogP) is 0.730. The zero-order valence-electron chi connectivity index (χ0n) is 13.1. The minimum atomic E-state index is -2.82. The Morgan fingerprint density at radius 1 is 1.29 bits per heavy atom. The summed E-state index contributed by atoms with van der Waals surface area (Å²) in [4.78, 5) is 13.5. The molecule has 1 unspecified atom stereocenters. The summed E-state index contributed by atoms with van der Waals surface area (Å²) in [5, 5.41) is 12.4. The van der Waals surface area contributed by atoms with Crippen molar-refractivity contribution in [2.75, 3.05) is 37.7 Å². The summed E-state index contributed by atoms with van der Waals surface area (Å²) in [6.45, 7) is 6.50. The maximum Gasteiger partial charge on any atom is 0.323 e. The van der Waals surface area contributed by atoms with Crippen LogP contribution in [0.1, 0.15) is 39.5 Å². The number of hydrogen-bond donors (Lipinski definition) is 2. The number of unbranched alkanes of at least 4 members (excludes halogenated alkanes) is 1. The van der Waals surface area contributed by atoms with Gasteiger partial charge in [0, 0.05) is 13.1 Å². The maximum absolute atomic E-state index is 11.4. The molecular formula is C14H28N2O4S. The fourth-order valence-electron chi connectivity index (χ4n) is 2.46. The topological polar surface area (TPSA) is 86.7 Å². The molecule has 0 spiro atoms. The van der Waals surface area contributed by atoms with Gasteiger partial charge in [0.1, 0.15) is 5.54 Å². The highest BCUT2D eigenvalue weighted by molar-refractivity contribution is 7.91. The van der Waals surface area contributed by atoms with Crippen molar-refractivity contribution in [1.82, 2.24) is 10.2 Å². The Kier molecular flexibility index (Phi) is 7.09. The van der Waals surface area contributed by atoms with Crippen molar-refractivity contribution >= 4 is 15.8 Å². The lowest BCUT2D eigenvalue weighted by Crippen LogP contribution is -2.49. The molecule has 7 heteroatoms. The first-order chi connectivity index (χ1) is 9.79. The van der Waals surface area contributed by atoms with Gasteiger partial charge in [-0.25, -0.2) is 8.42 Å². The van der Waals surface area contributed by atoms with Crippen LogP contribution in [0.3, 0.4) is 0 Å². The van der Waals surface area contributed by atoms with Crippen molar-refractivity contribution in [3.63, 3.8) is 0 Å². The number of hydrogen-bond acceptors (Lipinski definition) is 5. The largest absolute Gasteiger partial charge is 0.480 e. The molecule has 1 aliphatic heterocycles. The van der Waals surface area contributed by atoms with E-state index in [4.69, 9.17) is 0 Å². The minimum Gasteiger partial charge on any atom is -0.480 e. The van der Waals surface area contributed by atoms with Crippen LogP contribution in [0.5, 0.6) is 0 Å². The number of sulfone groups is 1. The van der Waals surface area contributed by atoms with Gasteiger partial charge < -0.3 is 15.3 Å². The van der Waals surface area contributed by atoms with Gasteiger partial charge in [0.2, 0.25) is 0 Å². The molecule has 1 atom stereocenters. The van der Waals surface area contributed by atoms with Gasteiger partial charge in [-0.05, 0) is 45.7 Å². The Morgan fingerprint density at radius 2 is 1.90 bits per heavy atom. The third-order valence-corrected chi connectivity index (χ3v) is 5.68. The summed E-state index contributed by atoms with van der Waals surface area (Å²) in [5.74, 6) is -0.310. The van der Waals surface area contributed by atoms with Crippen LogP contribution >= 0.6 is 0 Å². The van der Waals surface area contributed by atoms with Gasteiger partial charge in [0.05, 0.1) is 11.5 Å². The third kappa shape index (κ3) is 6.32. The molecule has 1 fully saturated rings. The monoisotopic (exact) mass is 320 g/mol. The lowest BCUT2D eigenvalue weighted by molar-refractivity contribution is -0.144. The van der Waals surface area contributed by atoms with Gasteiger partial charge in [0.25, 0.3) is 0 Å². The number of carbonyl (C=O) groups is 1. The number of carboxylic acid groups (broad SMARTS) is 1. The molecule has 0 aromatic heterocycles. The molecule has 0 saturated carbocycles. The normalized spacial score (nSPS) is 21.8. The number of aliphatic carboxylic acids is 1. The van der Waals surface area contributed by atoms with E-state index in [1.54, 1.807) is 6.92 Å². The fourth-order valence-corrected chi connectivity index (χ4v) is 3.74. The summed E-state index contributed by atoms with van der Waals surface area (Å²) in [5.41, 5.74) is -0.860. The Labute approximate surface area is 127 Å². The van der Waals surface area contributed by atoms with Crippen LogP contribution in [0.4, 0.5) is 0 Å². The van der Waals surface area contributed by atoms with Crippen molar-refractivity contribution in [3.05, 3.63) is 0 Å². The van der Waals surface area contributed by atoms with E-state index < -0.39 is 21.3 Å². The van der Waals surface area contributed by atoms with Crippen LogP contribution in [0, 0.1) is 0 Å². The Bertz CT molecular complexity index is 424. The molecule has 0 aliphatic carbocycles. The van der Waals surface area contributed by atoms with Crippen molar-refractivity contribution in [3.8, 4) is 0 Å². The first kappa shape index (κ1) is 18.4. The van der Waals surface area contributed by atoms with E-state index in [0.29, 0.717) is 26.1 Å². The summed E-state index contributed by atoms with van der Waals surface area (Å²) >= 11 is 0. The molecular weight excluding hydrogens is 292 g/mol. The molecule has 1 heterocycles. The molecule has 124 valence electrons. The van der Waals surface area contributed by atoms with Crippen LogP contribution in [0.2, 0.25) is 0 Å². The van der Waals surface area contributed by atoms with E-state index in [0.717, 1.165) is 25.8 Å². The van der Waals surface area contributed by atoms with Crippen molar-refractivity contribution in [2.45, 2.75) is 45.1 Å². The molecule has 1 rings (SSSR count). The Morgan fingerprint density at radius 3 is 2.43 bits per heavy atom. The number of nitrogens with one attached hydrogen (secondary N) is 1. The molecule has 2 N–H and O–H groups in total. The Hall–Kier alpha value is -0.660. The number of nitrogens with zero attached hydrogens (tertiary/aromatic N) is 1. The van der Waals surface area contributed by atoms with Gasteiger partial charge in [0.15, 0.2) is 9.84 Å². The smallest absolute Gasteiger partial charge is 0.323 e. The zero-order valence-corrected chi connectivity index (χ0v) is 13.9. The molecule has 1 aliphatic rings. The first-order valence-electron chi connectivity index (χ1n) is 7.70. The minimum absolute atomic E-state index is 0.248. The molecule has 0 aromatic carbocycles. The highest BCUT2D eigenvalue weighted by Crippen LogP contribution is 2.15. The van der Waals surface area contributed by atoms with Crippen LogP contribution in [-0.4, -0.2) is 67.6 Å². The molecule has 0 amide bonds. The quantitative estimate of drug-likeness (QED) is 0.609. The van der Waals surface area contributed by atoms with Crippen LogP contribution in [-0.2, 0) is 14.6 Å². The predicted molar refractivity (Wildman–Crippen MR) is 83.3 cm³/mol. The molecule has 21 heavy (non-hydrogen) atoms. The molecule has 0 radical (unpaired) electrons. The highest BCUT2D eigenvalue weighted by atomic mass is 32.2. The number of rotatable bonds is 9. The van der Waals surface area contributed by atoms with Gasteiger partial charge in [-0.2, -0.15) is 0 Å². The number of carboxylic acids is 1. The van der Waals surface area contributed by atoms with Crippen molar-refractivity contribution in [2.24, 2.45) is 0 Å². The van der Waals surface area contributed by atoms with Crippen molar-refractivity contribution in [1.29, 1.82) is 0 Å². The summed E-state index contributed by atoms with van der Waals surface area (Å²) in [7, 11) is -2.82. The first-order valence-corrected chi connectivity index (χ1v) is 9.52. The summed E-state index contributed by atoms with van der Waals surface area (Å²) in [6, 6.07) is 0. The van der Waals surface area contributed by atoms with E-state index in [-0.39, 0.29) is 11.5 Å². The van der Waals surface area contributed by atoms with Gasteiger partial charge in [-0.15, -0.1) is 0 Å². The second-order valence-electron chi connectivity index (χ2n) is 6.01. The molecule has 0 bridgehead atoms. The van der Waals surface area contributed by atoms with Crippen molar-refractivity contribution < 1.29 is 18.3 Å². The summed E-state index contributed by atoms with van der Waals surface area (Å²) < 4.78 is 22.7. The summed E-state index contributed by atoms with van der Waals surface area (Å²) in [6.07, 6.45) is 3.22. The van der Waals surface area contributed by atoms with E-state index in [1.807, 2.05) is 6.92 Å². The van der Waals surface area contributed by atoms with Gasteiger partial charge in [-0.3, -0.25) is 4.79 Å². The van der Waals surface area contributed by atoms with Gasteiger partial charge >= 0.3 is 5.97 Å². The molecule has 1 saturated heterocycles. The lowest BCUT2D eigenvalue weighted by atomic mass is 9.94. The average molecular weight is 320 g/mol. The van der Waals surface area contributed by atoms with E-state index >= 15 is 0 Å². The highest BCUT2D eigenvalue weighted by Gasteiger charge is 2.31. The zero-order chi connectivity index (χ0) is 15.9. The molecule has 0 aromatic rings. The van der Waals surface area contributed by atoms with E-state index in [1.165, 1.54) is 0 Å². The van der Waals surface area contributed by atoms with Crippen LogP contribution < -0.4 is 5.32 Å². The lowest BCUT2D eigenvalue weighted by Gasteiger charge is -2.28. The van der Waals surface area contributed by atoms with E-state index in [2.05, 4.69) is 10.2 Å². The van der Waals surface area contributed by atoms with Crippen LogP contribution in [0.15, 0.2) is 0 Å². The van der Waals surface area contributed by atoms with E-state index in [9.17, 15) is 18.3 Å². The third-order valence-electron chi connectivity index (χ3n) is 4.08. The SMILES string of the molecule is CCCNC(C)(CCCCN1CCS(=O)(=O)CC1)C(=O)O. The fraction of sp³-hybridized carbons (Fsp3) is 0.929. The Balaban J connectivity index is 2.27. The average Bonchev–Trinajstić information content (AvgIpc) is 2.42. The second kappa shape index (κ2) is 8.10. The molecule has 6 nitrogen and oxygen atoms in total. The van der Waals surface area contributed by atoms with Gasteiger partial charge in [-0.1, -0.05) is 6.92 Å². The standard InChI is InChI=1S/C14H28N2O4S/c1-3-7-15-14(2,13(17)18)6-4-5-8-16-9-11-21(19,20)12-10-16/h15H,3-12H2,1-2H3,(H,17,18). The maximum atomic E-state index is 11.4.